The average Bonchev–Trinajstić information content (AvgIpc) is 2.76. The Bertz CT molecular complexity index is 654. The van der Waals surface area contributed by atoms with Gasteiger partial charge in [0, 0.05) is 24.5 Å². The van der Waals surface area contributed by atoms with Crippen molar-refractivity contribution >= 4 is 11.7 Å². The molecule has 0 saturated carbocycles. The van der Waals surface area contributed by atoms with E-state index in [2.05, 4.69) is 35.0 Å². The fourth-order valence-electron chi connectivity index (χ4n) is 2.76. The molecule has 3 rings (SSSR count). The van der Waals surface area contributed by atoms with Crippen molar-refractivity contribution in [3.8, 4) is 0 Å². The summed E-state index contributed by atoms with van der Waals surface area (Å²) in [5.74, 6) is -0.985. The van der Waals surface area contributed by atoms with E-state index < -0.39 is 5.97 Å². The van der Waals surface area contributed by atoms with E-state index >= 15 is 0 Å². The summed E-state index contributed by atoms with van der Waals surface area (Å²) in [5.41, 5.74) is 3.67. The highest BCUT2D eigenvalue weighted by Gasteiger charge is 2.25. The number of aromatic nitrogens is 1. The molecule has 4 heteroatoms. The van der Waals surface area contributed by atoms with Gasteiger partial charge in [-0.3, -0.25) is 0 Å². The van der Waals surface area contributed by atoms with Crippen LogP contribution in [0.4, 0.5) is 5.69 Å². The maximum Gasteiger partial charge on any atom is 0.354 e. The number of rotatable bonds is 3. The normalized spacial score (nSPS) is 17.1. The molecule has 2 aromatic rings. The summed E-state index contributed by atoms with van der Waals surface area (Å²) >= 11 is 0. The van der Waals surface area contributed by atoms with Crippen molar-refractivity contribution in [3.05, 3.63) is 59.4 Å². The van der Waals surface area contributed by atoms with Gasteiger partial charge >= 0.3 is 5.97 Å². The van der Waals surface area contributed by atoms with Crippen LogP contribution in [0.1, 0.15) is 28.5 Å². The molecule has 1 aromatic heterocycles. The monoisotopic (exact) mass is 268 g/mol. The van der Waals surface area contributed by atoms with Gasteiger partial charge in [0.2, 0.25) is 0 Å². The van der Waals surface area contributed by atoms with E-state index in [1.165, 1.54) is 11.3 Å². The number of benzene rings is 1. The molecule has 0 aliphatic carbocycles. The highest BCUT2D eigenvalue weighted by molar-refractivity contribution is 5.85. The summed E-state index contributed by atoms with van der Waals surface area (Å²) in [4.78, 5) is 17.2. The second kappa shape index (κ2) is 4.96. The number of pyridine rings is 1. The summed E-state index contributed by atoms with van der Waals surface area (Å²) in [6, 6.07) is 12.3. The lowest BCUT2D eigenvalue weighted by molar-refractivity contribution is 0.0690. The van der Waals surface area contributed by atoms with Gasteiger partial charge in [0.05, 0.1) is 0 Å². The Kier molecular flexibility index (Phi) is 3.14. The molecule has 0 bridgehead atoms. The van der Waals surface area contributed by atoms with Gasteiger partial charge in [0.15, 0.2) is 0 Å². The standard InChI is InChI=1S/C16H16N2O2/c1-11-8-13-4-2-3-5-15(13)18(11)10-12-6-7-17-14(9-12)16(19)20/h2-7,9,11H,8,10H2,1H3,(H,19,20). The molecule has 1 aromatic carbocycles. The first-order valence-electron chi connectivity index (χ1n) is 6.68. The lowest BCUT2D eigenvalue weighted by Gasteiger charge is -2.25. The van der Waals surface area contributed by atoms with Gasteiger partial charge in [0.25, 0.3) is 0 Å². The van der Waals surface area contributed by atoms with Gasteiger partial charge < -0.3 is 10.0 Å². The fourth-order valence-corrected chi connectivity index (χ4v) is 2.76. The minimum atomic E-state index is -0.985. The van der Waals surface area contributed by atoms with Crippen LogP contribution < -0.4 is 4.90 Å². The highest BCUT2D eigenvalue weighted by atomic mass is 16.4. The van der Waals surface area contributed by atoms with Crippen molar-refractivity contribution in [1.82, 2.24) is 4.98 Å². The molecular weight excluding hydrogens is 252 g/mol. The van der Waals surface area contributed by atoms with Gasteiger partial charge in [-0.05, 0) is 42.7 Å². The van der Waals surface area contributed by atoms with Crippen LogP contribution in [-0.4, -0.2) is 22.1 Å². The van der Waals surface area contributed by atoms with Crippen molar-refractivity contribution in [1.29, 1.82) is 0 Å². The molecule has 1 aliphatic rings. The summed E-state index contributed by atoms with van der Waals surface area (Å²) in [6.07, 6.45) is 2.60. The molecule has 1 N–H and O–H groups in total. The minimum Gasteiger partial charge on any atom is -0.477 e. The number of hydrogen-bond acceptors (Lipinski definition) is 3. The van der Waals surface area contributed by atoms with Gasteiger partial charge in [-0.1, -0.05) is 18.2 Å². The van der Waals surface area contributed by atoms with Crippen LogP contribution in [0.5, 0.6) is 0 Å². The predicted molar refractivity (Wildman–Crippen MR) is 77.0 cm³/mol. The van der Waals surface area contributed by atoms with Crippen LogP contribution >= 0.6 is 0 Å². The first-order valence-corrected chi connectivity index (χ1v) is 6.68. The lowest BCUT2D eigenvalue weighted by atomic mass is 10.1. The SMILES string of the molecule is CC1Cc2ccccc2N1Cc1ccnc(C(=O)O)c1. The van der Waals surface area contributed by atoms with Crippen LogP contribution in [0.3, 0.4) is 0 Å². The minimum absolute atomic E-state index is 0.0997. The number of anilines is 1. The van der Waals surface area contributed by atoms with Crippen molar-refractivity contribution < 1.29 is 9.90 Å². The Hall–Kier alpha value is -2.36. The largest absolute Gasteiger partial charge is 0.477 e. The zero-order chi connectivity index (χ0) is 14.1. The van der Waals surface area contributed by atoms with Crippen LogP contribution in [0.15, 0.2) is 42.6 Å². The second-order valence-corrected chi connectivity index (χ2v) is 5.16. The molecule has 0 radical (unpaired) electrons. The Morgan fingerprint density at radius 1 is 1.40 bits per heavy atom. The zero-order valence-corrected chi connectivity index (χ0v) is 11.3. The highest BCUT2D eigenvalue weighted by Crippen LogP contribution is 2.32. The number of aromatic carboxylic acids is 1. The molecule has 2 heterocycles. The molecule has 1 aliphatic heterocycles. The summed E-state index contributed by atoms with van der Waals surface area (Å²) in [5, 5.41) is 9.00. The Morgan fingerprint density at radius 2 is 2.20 bits per heavy atom. The molecule has 4 nitrogen and oxygen atoms in total. The van der Waals surface area contributed by atoms with E-state index in [0.29, 0.717) is 12.6 Å². The number of nitrogens with zero attached hydrogens (tertiary/aromatic N) is 2. The summed E-state index contributed by atoms with van der Waals surface area (Å²) in [6.45, 7) is 2.90. The number of carboxylic acids is 1. The Morgan fingerprint density at radius 3 is 3.00 bits per heavy atom. The Balaban J connectivity index is 1.88. The van der Waals surface area contributed by atoms with Gasteiger partial charge in [-0.2, -0.15) is 0 Å². The molecule has 0 spiro atoms. The zero-order valence-electron chi connectivity index (χ0n) is 11.3. The topological polar surface area (TPSA) is 53.4 Å². The van der Waals surface area contributed by atoms with Crippen molar-refractivity contribution in [3.63, 3.8) is 0 Å². The van der Waals surface area contributed by atoms with E-state index in [1.54, 1.807) is 12.3 Å². The van der Waals surface area contributed by atoms with Crippen molar-refractivity contribution in [2.45, 2.75) is 25.9 Å². The molecule has 1 atom stereocenters. The molecule has 0 saturated heterocycles. The number of para-hydroxylation sites is 1. The van der Waals surface area contributed by atoms with Crippen molar-refractivity contribution in [2.75, 3.05) is 4.90 Å². The van der Waals surface area contributed by atoms with E-state index in [4.69, 9.17) is 5.11 Å². The number of carboxylic acid groups (broad SMARTS) is 1. The molecule has 20 heavy (non-hydrogen) atoms. The average molecular weight is 268 g/mol. The van der Waals surface area contributed by atoms with E-state index in [9.17, 15) is 4.79 Å². The number of hydrogen-bond donors (Lipinski definition) is 1. The van der Waals surface area contributed by atoms with E-state index in [1.807, 2.05) is 12.1 Å². The van der Waals surface area contributed by atoms with Crippen LogP contribution in [-0.2, 0) is 13.0 Å². The third kappa shape index (κ3) is 2.25. The Labute approximate surface area is 117 Å². The third-order valence-electron chi connectivity index (χ3n) is 3.74. The predicted octanol–water partition coefficient (Wildman–Crippen LogP) is 2.73. The molecule has 102 valence electrons. The maximum absolute atomic E-state index is 11.0. The first-order chi connectivity index (χ1) is 9.65. The van der Waals surface area contributed by atoms with Crippen molar-refractivity contribution in [2.24, 2.45) is 0 Å². The van der Waals surface area contributed by atoms with Gasteiger partial charge in [0.1, 0.15) is 5.69 Å². The molecule has 0 amide bonds. The molecule has 0 fully saturated rings. The molecular formula is C16H16N2O2. The maximum atomic E-state index is 11.0. The third-order valence-corrected chi connectivity index (χ3v) is 3.74. The smallest absolute Gasteiger partial charge is 0.354 e. The van der Waals surface area contributed by atoms with E-state index in [0.717, 1.165) is 12.0 Å². The van der Waals surface area contributed by atoms with Gasteiger partial charge in [-0.15, -0.1) is 0 Å². The van der Waals surface area contributed by atoms with Crippen LogP contribution in [0.25, 0.3) is 0 Å². The van der Waals surface area contributed by atoms with Crippen LogP contribution in [0, 0.1) is 0 Å². The summed E-state index contributed by atoms with van der Waals surface area (Å²) in [7, 11) is 0. The lowest BCUT2D eigenvalue weighted by Crippen LogP contribution is -2.28. The number of carbonyl (C=O) groups is 1. The first kappa shape index (κ1) is 12.7. The van der Waals surface area contributed by atoms with Crippen LogP contribution in [0.2, 0.25) is 0 Å². The summed E-state index contributed by atoms with van der Waals surface area (Å²) < 4.78 is 0. The van der Waals surface area contributed by atoms with Gasteiger partial charge in [-0.25, -0.2) is 9.78 Å². The quantitative estimate of drug-likeness (QED) is 0.930. The van der Waals surface area contributed by atoms with E-state index in [-0.39, 0.29) is 5.69 Å². The fraction of sp³-hybridized carbons (Fsp3) is 0.250. The number of fused-ring (bicyclic) bond motifs is 1. The second-order valence-electron chi connectivity index (χ2n) is 5.16. The molecule has 1 unspecified atom stereocenters.